The van der Waals surface area contributed by atoms with E-state index in [9.17, 15) is 9.59 Å². The van der Waals surface area contributed by atoms with Crippen LogP contribution in [0, 0.1) is 0 Å². The number of carbonyl (C=O) groups is 2. The zero-order chi connectivity index (χ0) is 18.4. The lowest BCUT2D eigenvalue weighted by atomic mass is 10.3. The van der Waals surface area contributed by atoms with E-state index in [1.54, 1.807) is 0 Å². The van der Waals surface area contributed by atoms with Crippen molar-refractivity contribution in [1.29, 1.82) is 0 Å². The number of para-hydroxylation sites is 1. The molecule has 0 unspecified atom stereocenters. The van der Waals surface area contributed by atoms with E-state index in [1.165, 1.54) is 11.8 Å². The average Bonchev–Trinajstić information content (AvgIpc) is 3.40. The second-order valence-electron chi connectivity index (χ2n) is 6.23. The van der Waals surface area contributed by atoms with E-state index in [1.807, 2.05) is 41.8 Å². The molecule has 0 spiro atoms. The number of carbonyl (C=O) groups excluding carboxylic acids is 2. The van der Waals surface area contributed by atoms with E-state index < -0.39 is 6.03 Å². The largest absolute Gasteiger partial charge is 0.338 e. The van der Waals surface area contributed by atoms with Crippen molar-refractivity contribution in [3.05, 3.63) is 36.2 Å². The van der Waals surface area contributed by atoms with Crippen molar-refractivity contribution in [2.45, 2.75) is 43.7 Å². The summed E-state index contributed by atoms with van der Waals surface area (Å²) >= 11 is 1.28. The Morgan fingerprint density at radius 3 is 2.69 bits per heavy atom. The molecule has 0 radical (unpaired) electrons. The van der Waals surface area contributed by atoms with Crippen LogP contribution in [0.4, 0.5) is 4.79 Å². The Morgan fingerprint density at radius 1 is 1.23 bits per heavy atom. The van der Waals surface area contributed by atoms with Crippen LogP contribution in [0.2, 0.25) is 0 Å². The number of imide groups is 1. The van der Waals surface area contributed by atoms with Crippen LogP contribution in [0.25, 0.3) is 5.69 Å². The van der Waals surface area contributed by atoms with Gasteiger partial charge in [-0.2, -0.15) is 0 Å². The Kier molecular flexibility index (Phi) is 6.27. The van der Waals surface area contributed by atoms with E-state index in [-0.39, 0.29) is 11.7 Å². The van der Waals surface area contributed by atoms with Gasteiger partial charge in [0.2, 0.25) is 5.91 Å². The standard InChI is InChI=1S/C18H23N5O2S/c1-2-3-11-19-17(25)20-15(24)12-26-18-22-21-16(13-9-10-13)23(18)14-7-5-4-6-8-14/h4-8,13H,2-3,9-12H2,1H3,(H2,19,20,24,25). The van der Waals surface area contributed by atoms with Gasteiger partial charge in [0, 0.05) is 18.2 Å². The molecule has 0 atom stereocenters. The number of nitrogens with one attached hydrogen (secondary N) is 2. The maximum atomic E-state index is 12.0. The highest BCUT2D eigenvalue weighted by Gasteiger charge is 2.31. The maximum Gasteiger partial charge on any atom is 0.321 e. The van der Waals surface area contributed by atoms with Gasteiger partial charge < -0.3 is 5.32 Å². The molecule has 1 saturated carbocycles. The third kappa shape index (κ3) is 4.85. The highest BCUT2D eigenvalue weighted by atomic mass is 32.2. The lowest BCUT2D eigenvalue weighted by Crippen LogP contribution is -2.40. The Balaban J connectivity index is 1.61. The monoisotopic (exact) mass is 373 g/mol. The first-order chi connectivity index (χ1) is 12.7. The molecule has 138 valence electrons. The van der Waals surface area contributed by atoms with Gasteiger partial charge >= 0.3 is 6.03 Å². The summed E-state index contributed by atoms with van der Waals surface area (Å²) in [6, 6.07) is 9.44. The SMILES string of the molecule is CCCCNC(=O)NC(=O)CSc1nnc(C2CC2)n1-c1ccccc1. The van der Waals surface area contributed by atoms with E-state index >= 15 is 0 Å². The van der Waals surface area contributed by atoms with E-state index in [0.29, 0.717) is 17.6 Å². The van der Waals surface area contributed by atoms with Crippen molar-refractivity contribution in [2.75, 3.05) is 12.3 Å². The van der Waals surface area contributed by atoms with Gasteiger partial charge in [-0.25, -0.2) is 4.79 Å². The molecule has 7 nitrogen and oxygen atoms in total. The number of urea groups is 1. The zero-order valence-electron chi connectivity index (χ0n) is 14.8. The van der Waals surface area contributed by atoms with Crippen LogP contribution in [0.5, 0.6) is 0 Å². The summed E-state index contributed by atoms with van der Waals surface area (Å²) < 4.78 is 2.01. The van der Waals surface area contributed by atoms with Gasteiger partial charge in [-0.15, -0.1) is 10.2 Å². The second kappa shape index (κ2) is 8.84. The normalized spacial score (nSPS) is 13.4. The lowest BCUT2D eigenvalue weighted by Gasteiger charge is -2.10. The maximum absolute atomic E-state index is 12.0. The third-order valence-electron chi connectivity index (χ3n) is 4.02. The number of aromatic nitrogens is 3. The average molecular weight is 373 g/mol. The van der Waals surface area contributed by atoms with Gasteiger partial charge in [-0.05, 0) is 31.4 Å². The fourth-order valence-corrected chi connectivity index (χ4v) is 3.28. The molecular formula is C18H23N5O2S. The van der Waals surface area contributed by atoms with Crippen LogP contribution in [0.15, 0.2) is 35.5 Å². The van der Waals surface area contributed by atoms with Gasteiger partial charge in [-0.3, -0.25) is 14.7 Å². The van der Waals surface area contributed by atoms with Crippen molar-refractivity contribution >= 4 is 23.7 Å². The summed E-state index contributed by atoms with van der Waals surface area (Å²) in [5.74, 6) is 1.14. The summed E-state index contributed by atoms with van der Waals surface area (Å²) in [4.78, 5) is 23.7. The smallest absolute Gasteiger partial charge is 0.321 e. The van der Waals surface area contributed by atoms with Crippen LogP contribution >= 0.6 is 11.8 Å². The lowest BCUT2D eigenvalue weighted by molar-refractivity contribution is -0.117. The number of amides is 3. The summed E-state index contributed by atoms with van der Waals surface area (Å²) in [5, 5.41) is 14.3. The number of hydrogen-bond acceptors (Lipinski definition) is 5. The number of rotatable bonds is 8. The van der Waals surface area contributed by atoms with Gasteiger partial charge in [0.15, 0.2) is 5.16 Å². The van der Waals surface area contributed by atoms with E-state index in [0.717, 1.165) is 37.2 Å². The minimum absolute atomic E-state index is 0.108. The topological polar surface area (TPSA) is 88.9 Å². The summed E-state index contributed by atoms with van der Waals surface area (Å²) in [6.07, 6.45) is 4.12. The predicted octanol–water partition coefficient (Wildman–Crippen LogP) is 2.86. The highest BCUT2D eigenvalue weighted by molar-refractivity contribution is 7.99. The van der Waals surface area contributed by atoms with Crippen LogP contribution in [0.3, 0.4) is 0 Å². The van der Waals surface area contributed by atoms with Crippen LogP contribution in [0.1, 0.15) is 44.3 Å². The van der Waals surface area contributed by atoms with Crippen LogP contribution in [-0.2, 0) is 4.79 Å². The van der Waals surface area contributed by atoms with Crippen molar-refractivity contribution in [2.24, 2.45) is 0 Å². The fraction of sp³-hybridized carbons (Fsp3) is 0.444. The molecule has 1 fully saturated rings. The molecule has 0 aliphatic heterocycles. The molecule has 2 aromatic rings. The quantitative estimate of drug-likeness (QED) is 0.549. The first kappa shape index (κ1) is 18.4. The molecular weight excluding hydrogens is 350 g/mol. The van der Waals surface area contributed by atoms with Crippen LogP contribution < -0.4 is 10.6 Å². The van der Waals surface area contributed by atoms with Gasteiger partial charge in [0.05, 0.1) is 5.75 Å². The van der Waals surface area contributed by atoms with Crippen molar-refractivity contribution in [3.63, 3.8) is 0 Å². The van der Waals surface area contributed by atoms with Crippen molar-refractivity contribution in [1.82, 2.24) is 25.4 Å². The Labute approximate surface area is 157 Å². The Hall–Kier alpha value is -2.35. The van der Waals surface area contributed by atoms with Crippen LogP contribution in [-0.4, -0.2) is 39.0 Å². The predicted molar refractivity (Wildman–Crippen MR) is 101 cm³/mol. The summed E-state index contributed by atoms with van der Waals surface area (Å²) in [5.41, 5.74) is 0.986. The molecule has 3 rings (SSSR count). The number of unbranched alkanes of at least 4 members (excludes halogenated alkanes) is 1. The highest BCUT2D eigenvalue weighted by Crippen LogP contribution is 2.41. The first-order valence-electron chi connectivity index (χ1n) is 8.90. The zero-order valence-corrected chi connectivity index (χ0v) is 15.6. The number of hydrogen-bond donors (Lipinski definition) is 2. The molecule has 1 aliphatic rings. The second-order valence-corrected chi connectivity index (χ2v) is 7.17. The molecule has 8 heteroatoms. The number of nitrogens with zero attached hydrogens (tertiary/aromatic N) is 3. The van der Waals surface area contributed by atoms with Crippen molar-refractivity contribution in [3.8, 4) is 5.69 Å². The molecule has 1 aromatic carbocycles. The number of benzene rings is 1. The van der Waals surface area contributed by atoms with Gasteiger partial charge in [0.1, 0.15) is 5.82 Å². The summed E-state index contributed by atoms with van der Waals surface area (Å²) in [6.45, 7) is 2.61. The Bertz CT molecular complexity index is 758. The summed E-state index contributed by atoms with van der Waals surface area (Å²) in [7, 11) is 0. The van der Waals surface area contributed by atoms with E-state index in [4.69, 9.17) is 0 Å². The third-order valence-corrected chi connectivity index (χ3v) is 4.95. The minimum Gasteiger partial charge on any atom is -0.338 e. The molecule has 2 N–H and O–H groups in total. The van der Waals surface area contributed by atoms with Gasteiger partial charge in [0.25, 0.3) is 0 Å². The molecule has 26 heavy (non-hydrogen) atoms. The molecule has 0 saturated heterocycles. The minimum atomic E-state index is -0.452. The van der Waals surface area contributed by atoms with E-state index in [2.05, 4.69) is 20.8 Å². The first-order valence-corrected chi connectivity index (χ1v) is 9.88. The molecule has 1 heterocycles. The molecule has 1 aliphatic carbocycles. The fourth-order valence-electron chi connectivity index (χ4n) is 2.52. The molecule has 1 aromatic heterocycles. The Morgan fingerprint density at radius 2 is 2.00 bits per heavy atom. The van der Waals surface area contributed by atoms with Crippen molar-refractivity contribution < 1.29 is 9.59 Å². The van der Waals surface area contributed by atoms with Gasteiger partial charge in [-0.1, -0.05) is 43.3 Å². The molecule has 3 amide bonds. The molecule has 0 bridgehead atoms. The number of thioether (sulfide) groups is 1.